The van der Waals surface area contributed by atoms with Crippen LogP contribution < -0.4 is 5.73 Å². The Bertz CT molecular complexity index is 112. The molecule has 0 aromatic heterocycles. The first kappa shape index (κ1) is 7.18. The second-order valence-electron chi connectivity index (χ2n) is 1.46. The Hall–Kier alpha value is -0.820. The molecule has 0 saturated carbocycles. The Balaban J connectivity index is 3.52. The van der Waals surface area contributed by atoms with Crippen LogP contribution in [0.1, 0.15) is 0 Å². The summed E-state index contributed by atoms with van der Waals surface area (Å²) in [6.07, 6.45) is 5.35. The van der Waals surface area contributed by atoms with Crippen LogP contribution >= 0.6 is 0 Å². The van der Waals surface area contributed by atoms with E-state index in [9.17, 15) is 0 Å². The van der Waals surface area contributed by atoms with E-state index in [1.807, 2.05) is 12.2 Å². The topological polar surface area (TPSA) is 26.0 Å². The average molecular weight is 109 g/mol. The molecule has 0 aliphatic heterocycles. The minimum Gasteiger partial charge on any atom is -0.327 e. The van der Waals surface area contributed by atoms with Crippen molar-refractivity contribution in [3.63, 3.8) is 0 Å². The highest BCUT2D eigenvalue weighted by molar-refractivity contribution is 5.18. The Labute approximate surface area is 50.2 Å². The van der Waals surface area contributed by atoms with Crippen molar-refractivity contribution in [2.75, 3.05) is 6.54 Å². The van der Waals surface area contributed by atoms with Crippen molar-refractivity contribution in [3.8, 4) is 0 Å². The molecule has 0 unspecified atom stereocenters. The number of rotatable bonds is 3. The maximum Gasteiger partial charge on any atom is 0.0172 e. The summed E-state index contributed by atoms with van der Waals surface area (Å²) in [5.74, 6) is 0. The Morgan fingerprint density at radius 1 is 1.62 bits per heavy atom. The summed E-state index contributed by atoms with van der Waals surface area (Å²) in [4.78, 5) is 0. The molecule has 0 heterocycles. The summed E-state index contributed by atoms with van der Waals surface area (Å²) >= 11 is 0. The van der Waals surface area contributed by atoms with E-state index in [-0.39, 0.29) is 0 Å². The van der Waals surface area contributed by atoms with Crippen LogP contribution in [0, 0.1) is 0 Å². The number of nitrogens with two attached hydrogens (primary N) is 1. The highest BCUT2D eigenvalue weighted by Gasteiger charge is 1.75. The van der Waals surface area contributed by atoms with Gasteiger partial charge in [0.2, 0.25) is 0 Å². The summed E-state index contributed by atoms with van der Waals surface area (Å²) in [6, 6.07) is 0. The van der Waals surface area contributed by atoms with Crippen LogP contribution in [0.4, 0.5) is 0 Å². The summed E-state index contributed by atoms with van der Waals surface area (Å²) in [6.45, 7) is 7.67. The van der Waals surface area contributed by atoms with E-state index in [2.05, 4.69) is 13.2 Å². The van der Waals surface area contributed by atoms with Crippen LogP contribution in [0.15, 0.2) is 37.0 Å². The zero-order valence-corrected chi connectivity index (χ0v) is 4.93. The summed E-state index contributed by atoms with van der Waals surface area (Å²) in [5, 5.41) is 0. The van der Waals surface area contributed by atoms with Crippen molar-refractivity contribution in [2.24, 2.45) is 5.73 Å². The highest BCUT2D eigenvalue weighted by Crippen LogP contribution is 1.86. The molecule has 8 heavy (non-hydrogen) atoms. The molecule has 0 aliphatic rings. The molecule has 1 heteroatoms. The van der Waals surface area contributed by atoms with Crippen LogP contribution in [-0.2, 0) is 0 Å². The summed E-state index contributed by atoms with van der Waals surface area (Å²) in [7, 11) is 0. The van der Waals surface area contributed by atoms with Crippen LogP contribution in [0.25, 0.3) is 0 Å². The standard InChI is InChI=1S/C7H11N/c1-3-4-5-7(2)6-8/h3-5H,1-2,6,8H2/b5-4-. The van der Waals surface area contributed by atoms with Gasteiger partial charge in [-0.05, 0) is 5.57 Å². The predicted molar refractivity (Wildman–Crippen MR) is 37.5 cm³/mol. The lowest BCUT2D eigenvalue weighted by Gasteiger charge is -1.86. The van der Waals surface area contributed by atoms with Gasteiger partial charge >= 0.3 is 0 Å². The molecular weight excluding hydrogens is 98.1 g/mol. The Kier molecular flexibility index (Phi) is 3.90. The van der Waals surface area contributed by atoms with Gasteiger partial charge in [-0.25, -0.2) is 0 Å². The van der Waals surface area contributed by atoms with Crippen LogP contribution in [0.3, 0.4) is 0 Å². The van der Waals surface area contributed by atoms with E-state index in [1.165, 1.54) is 0 Å². The van der Waals surface area contributed by atoms with Crippen molar-refractivity contribution >= 4 is 0 Å². The minimum atomic E-state index is 0.518. The molecule has 1 nitrogen and oxygen atoms in total. The van der Waals surface area contributed by atoms with E-state index < -0.39 is 0 Å². The van der Waals surface area contributed by atoms with Crippen LogP contribution in [-0.4, -0.2) is 6.54 Å². The normalized spacial score (nSPS) is 9.62. The van der Waals surface area contributed by atoms with E-state index in [0.717, 1.165) is 5.57 Å². The third kappa shape index (κ3) is 3.37. The lowest BCUT2D eigenvalue weighted by molar-refractivity contribution is 1.20. The Morgan fingerprint density at radius 3 is 2.62 bits per heavy atom. The van der Waals surface area contributed by atoms with Gasteiger partial charge in [0.05, 0.1) is 0 Å². The van der Waals surface area contributed by atoms with Crippen molar-refractivity contribution in [2.45, 2.75) is 0 Å². The smallest absolute Gasteiger partial charge is 0.0172 e. The summed E-state index contributed by atoms with van der Waals surface area (Å²) < 4.78 is 0. The SMILES string of the molecule is C=C/C=C\C(=C)CN. The molecule has 0 amide bonds. The first-order chi connectivity index (χ1) is 3.81. The molecular formula is C7H11N. The van der Waals surface area contributed by atoms with Gasteiger partial charge in [-0.2, -0.15) is 0 Å². The van der Waals surface area contributed by atoms with Gasteiger partial charge in [0.1, 0.15) is 0 Å². The zero-order valence-electron chi connectivity index (χ0n) is 4.93. The van der Waals surface area contributed by atoms with Crippen LogP contribution in [0.5, 0.6) is 0 Å². The van der Waals surface area contributed by atoms with Gasteiger partial charge in [0, 0.05) is 6.54 Å². The minimum absolute atomic E-state index is 0.518. The van der Waals surface area contributed by atoms with E-state index >= 15 is 0 Å². The molecule has 0 rings (SSSR count). The van der Waals surface area contributed by atoms with Crippen molar-refractivity contribution < 1.29 is 0 Å². The third-order valence-electron chi connectivity index (χ3n) is 0.730. The fourth-order valence-corrected chi connectivity index (χ4v) is 0.272. The number of hydrogen-bond acceptors (Lipinski definition) is 1. The van der Waals surface area contributed by atoms with Gasteiger partial charge in [-0.15, -0.1) is 0 Å². The van der Waals surface area contributed by atoms with Gasteiger partial charge in [-0.3, -0.25) is 0 Å². The quantitative estimate of drug-likeness (QED) is 0.542. The van der Waals surface area contributed by atoms with Gasteiger partial charge in [0.15, 0.2) is 0 Å². The number of hydrogen-bond donors (Lipinski definition) is 1. The molecule has 44 valence electrons. The van der Waals surface area contributed by atoms with E-state index in [0.29, 0.717) is 6.54 Å². The molecule has 0 radical (unpaired) electrons. The second kappa shape index (κ2) is 4.34. The predicted octanol–water partition coefficient (Wildman–Crippen LogP) is 1.24. The summed E-state index contributed by atoms with van der Waals surface area (Å²) in [5.41, 5.74) is 6.15. The molecule has 0 aromatic rings. The fraction of sp³-hybridized carbons (Fsp3) is 0.143. The molecule has 0 bridgehead atoms. The van der Waals surface area contributed by atoms with Gasteiger partial charge < -0.3 is 5.73 Å². The molecule has 0 aliphatic carbocycles. The van der Waals surface area contributed by atoms with Crippen molar-refractivity contribution in [1.29, 1.82) is 0 Å². The van der Waals surface area contributed by atoms with Crippen molar-refractivity contribution in [3.05, 3.63) is 37.0 Å². The van der Waals surface area contributed by atoms with E-state index in [4.69, 9.17) is 5.73 Å². The molecule has 2 N–H and O–H groups in total. The zero-order chi connectivity index (χ0) is 6.41. The molecule has 0 fully saturated rings. The molecule has 0 atom stereocenters. The Morgan fingerprint density at radius 2 is 2.25 bits per heavy atom. The van der Waals surface area contributed by atoms with Crippen LogP contribution in [0.2, 0.25) is 0 Å². The molecule has 0 saturated heterocycles. The molecule has 0 spiro atoms. The van der Waals surface area contributed by atoms with Crippen molar-refractivity contribution in [1.82, 2.24) is 0 Å². The van der Waals surface area contributed by atoms with Gasteiger partial charge in [0.25, 0.3) is 0 Å². The maximum absolute atomic E-state index is 5.23. The fourth-order valence-electron chi connectivity index (χ4n) is 0.272. The molecule has 0 aromatic carbocycles. The first-order valence-corrected chi connectivity index (χ1v) is 2.48. The second-order valence-corrected chi connectivity index (χ2v) is 1.46. The largest absolute Gasteiger partial charge is 0.327 e. The first-order valence-electron chi connectivity index (χ1n) is 2.48. The highest BCUT2D eigenvalue weighted by atomic mass is 14.5. The number of allylic oxidation sites excluding steroid dienone is 2. The maximum atomic E-state index is 5.23. The third-order valence-corrected chi connectivity index (χ3v) is 0.730. The lowest BCUT2D eigenvalue weighted by Crippen LogP contribution is -1.98. The van der Waals surface area contributed by atoms with Gasteiger partial charge in [-0.1, -0.05) is 31.4 Å². The van der Waals surface area contributed by atoms with E-state index in [1.54, 1.807) is 6.08 Å². The average Bonchev–Trinajstić information content (AvgIpc) is 1.83. The lowest BCUT2D eigenvalue weighted by atomic mass is 10.3. The monoisotopic (exact) mass is 109 g/mol.